The maximum Gasteiger partial charge on any atom is 0.413 e. The summed E-state index contributed by atoms with van der Waals surface area (Å²) in [6, 6.07) is 12.7. The fourth-order valence-corrected chi connectivity index (χ4v) is 7.39. The predicted molar refractivity (Wildman–Crippen MR) is 239 cm³/mol. The molecule has 1 saturated heterocycles. The van der Waals surface area contributed by atoms with Gasteiger partial charge in [0.2, 0.25) is 0 Å². The number of aliphatic hydroxyl groups excluding tert-OH is 1. The van der Waals surface area contributed by atoms with E-state index in [0.29, 0.717) is 28.8 Å². The number of anilines is 1. The van der Waals surface area contributed by atoms with Gasteiger partial charge in [0.05, 0.1) is 26.7 Å². The van der Waals surface area contributed by atoms with Gasteiger partial charge < -0.3 is 38.8 Å². The van der Waals surface area contributed by atoms with E-state index >= 15 is 0 Å². The summed E-state index contributed by atoms with van der Waals surface area (Å²) < 4.78 is 31.4. The third-order valence-corrected chi connectivity index (χ3v) is 10.6. The molecule has 0 bridgehead atoms. The lowest BCUT2D eigenvalue weighted by Crippen LogP contribution is -2.72. The molecule has 340 valence electrons. The van der Waals surface area contributed by atoms with Gasteiger partial charge in [-0.15, -0.1) is 11.3 Å². The number of β-lactam (4-membered cyclic amide) rings is 1. The number of thiazole rings is 1. The molecule has 0 unspecified atom stereocenters. The van der Waals surface area contributed by atoms with Crippen molar-refractivity contribution in [2.24, 2.45) is 0 Å². The summed E-state index contributed by atoms with van der Waals surface area (Å²) in [7, 11) is 3.12. The average Bonchev–Trinajstić information content (AvgIpc) is 3.69. The molecule has 4 N–H and O–H groups in total. The number of benzene rings is 2. The van der Waals surface area contributed by atoms with Crippen molar-refractivity contribution in [2.75, 3.05) is 24.0 Å². The Bertz CT molecular complexity index is 2180. The number of amides is 3. The Balaban J connectivity index is 0.000000335. The molecule has 3 amide bonds. The number of carbonyl (C=O) groups excluding carboxylic acids is 6. The van der Waals surface area contributed by atoms with Crippen LogP contribution < -0.4 is 20.1 Å². The normalized spacial score (nSPS) is 16.2. The van der Waals surface area contributed by atoms with Gasteiger partial charge in [0.1, 0.15) is 59.1 Å². The number of hydrogen-bond donors (Lipinski definition) is 4. The number of nitrogens with one attached hydrogen (secondary N) is 3. The molecule has 63 heavy (non-hydrogen) atoms. The highest BCUT2D eigenvalue weighted by molar-refractivity contribution is 14.1. The van der Waals surface area contributed by atoms with Crippen LogP contribution in [0.4, 0.5) is 9.93 Å². The van der Waals surface area contributed by atoms with E-state index < -0.39 is 77.3 Å². The second kappa shape index (κ2) is 22.1. The smallest absolute Gasteiger partial charge is 0.413 e. The molecule has 2 aromatic carbocycles. The molecule has 0 aliphatic carbocycles. The molecule has 1 aromatic heterocycles. The summed E-state index contributed by atoms with van der Waals surface area (Å²) in [4.78, 5) is 79.8. The maximum atomic E-state index is 13.2. The summed E-state index contributed by atoms with van der Waals surface area (Å²) in [6.45, 7) is 10.3. The molecule has 20 heteroatoms. The Morgan fingerprint density at radius 1 is 0.905 bits per heavy atom. The van der Waals surface area contributed by atoms with Crippen LogP contribution in [0, 0.1) is 5.41 Å². The Hall–Kier alpha value is -5.61. The number of ether oxygens (including phenoxy) is 6. The molecule has 2 aliphatic rings. The minimum atomic E-state index is -1.53. The van der Waals surface area contributed by atoms with Crippen molar-refractivity contribution < 1.29 is 62.3 Å². The van der Waals surface area contributed by atoms with Crippen molar-refractivity contribution in [1.29, 1.82) is 5.41 Å². The molecular weight excluding hydrogens is 953 g/mol. The number of rotatable bonds is 15. The van der Waals surface area contributed by atoms with Crippen molar-refractivity contribution >= 4 is 80.6 Å². The topological polar surface area (TPSA) is 242 Å². The summed E-state index contributed by atoms with van der Waals surface area (Å²) in [6.07, 6.45) is -1.55. The minimum absolute atomic E-state index is 0.00814. The number of alkyl halides is 1. The highest BCUT2D eigenvalue weighted by Crippen LogP contribution is 2.38. The van der Waals surface area contributed by atoms with E-state index in [-0.39, 0.29) is 29.7 Å². The van der Waals surface area contributed by atoms with Gasteiger partial charge in [-0.1, -0.05) is 46.9 Å². The maximum absolute atomic E-state index is 13.2. The van der Waals surface area contributed by atoms with Crippen molar-refractivity contribution in [3.05, 3.63) is 82.0 Å². The van der Waals surface area contributed by atoms with Gasteiger partial charge in [-0.25, -0.2) is 19.4 Å². The third-order valence-electron chi connectivity index (χ3n) is 8.90. The molecule has 3 heterocycles. The molecule has 0 saturated carbocycles. The van der Waals surface area contributed by atoms with E-state index in [1.807, 2.05) is 0 Å². The van der Waals surface area contributed by atoms with Gasteiger partial charge in [-0.3, -0.25) is 30.0 Å². The second-order valence-corrected chi connectivity index (χ2v) is 17.7. The summed E-state index contributed by atoms with van der Waals surface area (Å²) in [5.74, 6) is -1.96. The van der Waals surface area contributed by atoms with Crippen molar-refractivity contribution in [3.63, 3.8) is 0 Å². The summed E-state index contributed by atoms with van der Waals surface area (Å²) in [5, 5.41) is 24.6. The number of esters is 3. The van der Waals surface area contributed by atoms with E-state index in [0.717, 1.165) is 28.0 Å². The number of aliphatic hydroxyl groups is 1. The van der Waals surface area contributed by atoms with Gasteiger partial charge in [-0.2, -0.15) is 0 Å². The number of carbonyl (C=O) groups is 6. The molecule has 0 radical (unpaired) electrons. The highest BCUT2D eigenvalue weighted by atomic mass is 127. The molecule has 18 nitrogen and oxygen atoms in total. The average molecular weight is 1010 g/mol. The quantitative estimate of drug-likeness (QED) is 0.0361. The number of aromatic nitrogens is 1. The Morgan fingerprint density at radius 3 is 1.98 bits per heavy atom. The van der Waals surface area contributed by atoms with Crippen molar-refractivity contribution in [2.45, 2.75) is 103 Å². The standard InChI is InChI=1S/C27H30IN5O7S.C16H22O6/c1-27(2,3)40-26(37)32-25-30-17(13-41-25)19(29)22(34)31-20-18-10-7-15(11-28)21(33(18)23(20)35)24(36)39-12-14-5-8-16(38-4)9-6-14;1-16(2,3)22-14(18)9-13(17)15(19)21-10-11-5-7-12(20-4)8-6-11/h5-6,8-9,13,18,20,29H,7,10-12H2,1-4H3,(H,31,34)(H,30,32,37);5-8,13,17H,9-10H2,1-4H3/t18-,20+;13-/m10/s1. The zero-order valence-electron chi connectivity index (χ0n) is 36.2. The monoisotopic (exact) mass is 1010 g/mol. The second-order valence-electron chi connectivity index (χ2n) is 16.1. The summed E-state index contributed by atoms with van der Waals surface area (Å²) in [5.41, 5.74) is 0.769. The predicted octanol–water partition coefficient (Wildman–Crippen LogP) is 5.62. The lowest BCUT2D eigenvalue weighted by atomic mass is 9.83. The lowest BCUT2D eigenvalue weighted by molar-refractivity contribution is -0.166. The van der Waals surface area contributed by atoms with Crippen LogP contribution in [0.1, 0.15) is 77.6 Å². The zero-order valence-corrected chi connectivity index (χ0v) is 39.2. The van der Waals surface area contributed by atoms with Crippen LogP contribution in [0.3, 0.4) is 0 Å². The molecule has 3 atom stereocenters. The first-order valence-corrected chi connectivity index (χ1v) is 22.0. The number of halogens is 1. The number of methoxy groups -OCH3 is 2. The fourth-order valence-electron chi connectivity index (χ4n) is 5.96. The third kappa shape index (κ3) is 14.7. The van der Waals surface area contributed by atoms with E-state index in [2.05, 4.69) is 38.2 Å². The Morgan fingerprint density at radius 2 is 1.46 bits per heavy atom. The molecule has 0 spiro atoms. The summed E-state index contributed by atoms with van der Waals surface area (Å²) >= 11 is 3.19. The largest absolute Gasteiger partial charge is 0.497 e. The first-order valence-electron chi connectivity index (χ1n) is 19.6. The van der Waals surface area contributed by atoms with E-state index in [1.165, 1.54) is 10.3 Å². The minimum Gasteiger partial charge on any atom is -0.497 e. The van der Waals surface area contributed by atoms with Gasteiger partial charge in [-0.05, 0) is 95.3 Å². The van der Waals surface area contributed by atoms with Crippen molar-refractivity contribution in [3.8, 4) is 11.5 Å². The number of fused-ring (bicyclic) bond motifs is 1. The van der Waals surface area contributed by atoms with Gasteiger partial charge in [0.15, 0.2) is 11.2 Å². The Labute approximate surface area is 382 Å². The van der Waals surface area contributed by atoms with E-state index in [9.17, 15) is 33.9 Å². The number of nitrogens with zero attached hydrogens (tertiary/aromatic N) is 2. The highest BCUT2D eigenvalue weighted by Gasteiger charge is 2.53. The van der Waals surface area contributed by atoms with Crippen LogP contribution in [-0.4, -0.2) is 105 Å². The number of allylic oxidation sites excluding steroid dienone is 1. The zero-order chi connectivity index (χ0) is 46.6. The first-order chi connectivity index (χ1) is 29.6. The van der Waals surface area contributed by atoms with E-state index in [4.69, 9.17) is 33.8 Å². The van der Waals surface area contributed by atoms with Gasteiger partial charge in [0, 0.05) is 9.81 Å². The molecule has 5 rings (SSSR count). The molecular formula is C43H52IN5O13S. The van der Waals surface area contributed by atoms with Crippen LogP contribution in [0.25, 0.3) is 0 Å². The number of hydrogen-bond acceptors (Lipinski definition) is 16. The molecule has 1 fully saturated rings. The van der Waals surface area contributed by atoms with Crippen molar-refractivity contribution in [1.82, 2.24) is 15.2 Å². The first kappa shape index (κ1) is 50.0. The lowest BCUT2D eigenvalue weighted by Gasteiger charge is -2.50. The Kier molecular flexibility index (Phi) is 17.6. The molecule has 3 aromatic rings. The molecule has 2 aliphatic heterocycles. The van der Waals surface area contributed by atoms with Crippen LogP contribution >= 0.6 is 33.9 Å². The van der Waals surface area contributed by atoms with E-state index in [1.54, 1.807) is 104 Å². The van der Waals surface area contributed by atoms with Gasteiger partial charge in [0.25, 0.3) is 11.8 Å². The van der Waals surface area contributed by atoms with Crippen LogP contribution in [0.5, 0.6) is 11.5 Å². The van der Waals surface area contributed by atoms with Crippen LogP contribution in [0.2, 0.25) is 0 Å². The van der Waals surface area contributed by atoms with Gasteiger partial charge >= 0.3 is 24.0 Å². The SMILES string of the molecule is COc1ccc(COC(=O)C2=C(CI)CC[C@@H]3[C@H](NC(=O)C(=N)c4csc(NC(=O)OC(C)(C)C)n4)C(=O)N23)cc1.COc1ccc(COC(=O)[C@@H](O)CC(=O)OC(C)(C)C)cc1. The van der Waals surface area contributed by atoms with Crippen LogP contribution in [0.15, 0.2) is 65.2 Å². The fraction of sp³-hybridized carbons (Fsp3) is 0.442. The van der Waals surface area contributed by atoms with Crippen LogP contribution in [-0.2, 0) is 56.1 Å².